The zero-order chi connectivity index (χ0) is 12.2. The normalized spacial score (nSPS) is 22.1. The van der Waals surface area contributed by atoms with Gasteiger partial charge in [0.05, 0.1) is 5.69 Å². The third-order valence-electron chi connectivity index (χ3n) is 4.14. The van der Waals surface area contributed by atoms with Gasteiger partial charge in [0.2, 0.25) is 0 Å². The summed E-state index contributed by atoms with van der Waals surface area (Å²) in [5.74, 6) is 1.69. The number of hydrogen-bond donors (Lipinski definition) is 1. The minimum absolute atomic E-state index is 0.656. The van der Waals surface area contributed by atoms with Crippen molar-refractivity contribution in [3.63, 3.8) is 0 Å². The number of anilines is 1. The first-order valence-corrected chi connectivity index (χ1v) is 7.23. The quantitative estimate of drug-likeness (QED) is 0.866. The molecule has 0 bridgehead atoms. The highest BCUT2D eigenvalue weighted by molar-refractivity contribution is 5.38. The zero-order valence-electron chi connectivity index (χ0n) is 10.9. The van der Waals surface area contributed by atoms with Crippen molar-refractivity contribution in [2.24, 2.45) is 0 Å². The van der Waals surface area contributed by atoms with Crippen LogP contribution < -0.4 is 10.2 Å². The molecule has 4 heteroatoms. The first-order chi connectivity index (χ1) is 8.93. The number of piperazine rings is 1. The molecule has 4 nitrogen and oxygen atoms in total. The summed E-state index contributed by atoms with van der Waals surface area (Å²) >= 11 is 0. The molecular formula is C14H22N4. The van der Waals surface area contributed by atoms with E-state index in [4.69, 9.17) is 0 Å². The van der Waals surface area contributed by atoms with E-state index in [0.717, 1.165) is 32.0 Å². The molecule has 98 valence electrons. The minimum atomic E-state index is 0.656. The molecule has 1 N–H and O–H groups in total. The molecule has 0 aromatic carbocycles. The Balaban J connectivity index is 1.67. The monoisotopic (exact) mass is 246 g/mol. The van der Waals surface area contributed by atoms with Crippen molar-refractivity contribution >= 4 is 5.82 Å². The fraction of sp³-hybridized carbons (Fsp3) is 0.714. The van der Waals surface area contributed by atoms with E-state index in [1.165, 1.54) is 37.8 Å². The van der Waals surface area contributed by atoms with Crippen LogP contribution in [-0.4, -0.2) is 36.4 Å². The van der Waals surface area contributed by atoms with Crippen LogP contribution in [0.4, 0.5) is 5.82 Å². The molecule has 3 rings (SSSR count). The molecule has 1 aliphatic carbocycles. The highest BCUT2D eigenvalue weighted by atomic mass is 15.3. The number of rotatable bonds is 2. The summed E-state index contributed by atoms with van der Waals surface area (Å²) in [6.07, 6.45) is 6.68. The molecule has 0 radical (unpaired) electrons. The van der Waals surface area contributed by atoms with Crippen molar-refractivity contribution in [1.82, 2.24) is 15.5 Å². The number of nitrogens with one attached hydrogen (secondary N) is 1. The smallest absolute Gasteiger partial charge is 0.151 e. The van der Waals surface area contributed by atoms with Crippen molar-refractivity contribution in [1.29, 1.82) is 0 Å². The van der Waals surface area contributed by atoms with E-state index in [0.29, 0.717) is 5.92 Å². The topological polar surface area (TPSA) is 41.0 Å². The van der Waals surface area contributed by atoms with Crippen molar-refractivity contribution in [3.05, 3.63) is 17.8 Å². The van der Waals surface area contributed by atoms with Crippen molar-refractivity contribution < 1.29 is 0 Å². The summed E-state index contributed by atoms with van der Waals surface area (Å²) in [6.45, 7) is 4.17. The Bertz CT molecular complexity index is 327. The van der Waals surface area contributed by atoms with Crippen molar-refractivity contribution in [2.75, 3.05) is 31.1 Å². The van der Waals surface area contributed by atoms with E-state index in [1.807, 2.05) is 0 Å². The van der Waals surface area contributed by atoms with Gasteiger partial charge in [0.25, 0.3) is 0 Å². The average Bonchev–Trinajstić information content (AvgIpc) is 2.49. The van der Waals surface area contributed by atoms with Crippen molar-refractivity contribution in [2.45, 2.75) is 38.0 Å². The molecule has 2 heterocycles. The maximum Gasteiger partial charge on any atom is 0.151 e. The molecule has 1 aliphatic heterocycles. The number of aromatic nitrogens is 2. The molecule has 1 aromatic rings. The lowest BCUT2D eigenvalue weighted by Crippen LogP contribution is -2.44. The maximum atomic E-state index is 4.47. The van der Waals surface area contributed by atoms with Crippen LogP contribution in [0.1, 0.15) is 43.7 Å². The van der Waals surface area contributed by atoms with Gasteiger partial charge in [0, 0.05) is 32.1 Å². The largest absolute Gasteiger partial charge is 0.353 e. The summed E-state index contributed by atoms with van der Waals surface area (Å²) in [5.41, 5.74) is 1.20. The summed E-state index contributed by atoms with van der Waals surface area (Å²) in [6, 6.07) is 4.35. The Hall–Kier alpha value is -1.16. The molecule has 1 saturated heterocycles. The lowest BCUT2D eigenvalue weighted by molar-refractivity contribution is 0.434. The standard InChI is InChI=1S/C14H22N4/c1-2-4-12(5-3-1)13-6-7-14(17-16-13)18-10-8-15-9-11-18/h6-7,12,15H,1-5,8-11H2. The summed E-state index contributed by atoms with van der Waals surface area (Å²) in [5, 5.41) is 12.2. The third-order valence-corrected chi connectivity index (χ3v) is 4.14. The van der Waals surface area contributed by atoms with Gasteiger partial charge in [-0.15, -0.1) is 5.10 Å². The molecule has 0 amide bonds. The fourth-order valence-corrected chi connectivity index (χ4v) is 3.01. The van der Waals surface area contributed by atoms with Gasteiger partial charge in [0.1, 0.15) is 0 Å². The van der Waals surface area contributed by atoms with E-state index < -0.39 is 0 Å². The Morgan fingerprint density at radius 1 is 1.00 bits per heavy atom. The zero-order valence-corrected chi connectivity index (χ0v) is 10.9. The molecule has 2 fully saturated rings. The van der Waals surface area contributed by atoms with E-state index >= 15 is 0 Å². The number of hydrogen-bond acceptors (Lipinski definition) is 4. The molecule has 18 heavy (non-hydrogen) atoms. The Labute approximate surface area is 109 Å². The van der Waals surface area contributed by atoms with Gasteiger partial charge < -0.3 is 10.2 Å². The second-order valence-corrected chi connectivity index (χ2v) is 5.39. The predicted octanol–water partition coefficient (Wildman–Crippen LogP) is 1.93. The number of nitrogens with zero attached hydrogens (tertiary/aromatic N) is 3. The molecule has 1 saturated carbocycles. The molecule has 0 atom stereocenters. The van der Waals surface area contributed by atoms with Gasteiger partial charge in [0.15, 0.2) is 5.82 Å². The second-order valence-electron chi connectivity index (χ2n) is 5.39. The van der Waals surface area contributed by atoms with Gasteiger partial charge in [-0.05, 0) is 25.0 Å². The highest BCUT2D eigenvalue weighted by Gasteiger charge is 2.18. The van der Waals surface area contributed by atoms with Crippen LogP contribution in [0.2, 0.25) is 0 Å². The summed E-state index contributed by atoms with van der Waals surface area (Å²) in [7, 11) is 0. The van der Waals surface area contributed by atoms with Crippen LogP contribution in [0.3, 0.4) is 0 Å². The van der Waals surface area contributed by atoms with Gasteiger partial charge in [-0.3, -0.25) is 0 Å². The molecular weight excluding hydrogens is 224 g/mol. The highest BCUT2D eigenvalue weighted by Crippen LogP contribution is 2.31. The van der Waals surface area contributed by atoms with Gasteiger partial charge >= 0.3 is 0 Å². The van der Waals surface area contributed by atoms with E-state index in [9.17, 15) is 0 Å². The Morgan fingerprint density at radius 2 is 1.78 bits per heavy atom. The first kappa shape index (κ1) is 11.9. The van der Waals surface area contributed by atoms with E-state index in [-0.39, 0.29) is 0 Å². The Kier molecular flexibility index (Phi) is 3.74. The van der Waals surface area contributed by atoms with Crippen molar-refractivity contribution in [3.8, 4) is 0 Å². The second kappa shape index (κ2) is 5.65. The predicted molar refractivity (Wildman–Crippen MR) is 72.9 cm³/mol. The van der Waals surface area contributed by atoms with Crippen LogP contribution in [0, 0.1) is 0 Å². The van der Waals surface area contributed by atoms with Crippen LogP contribution in [-0.2, 0) is 0 Å². The minimum Gasteiger partial charge on any atom is -0.353 e. The van der Waals surface area contributed by atoms with Gasteiger partial charge in [-0.1, -0.05) is 19.3 Å². The van der Waals surface area contributed by atoms with Gasteiger partial charge in [-0.2, -0.15) is 5.10 Å². The van der Waals surface area contributed by atoms with Crippen LogP contribution in [0.25, 0.3) is 0 Å². The molecule has 1 aromatic heterocycles. The van der Waals surface area contributed by atoms with E-state index in [2.05, 4.69) is 32.5 Å². The van der Waals surface area contributed by atoms with Crippen LogP contribution >= 0.6 is 0 Å². The average molecular weight is 246 g/mol. The maximum absolute atomic E-state index is 4.47. The Morgan fingerprint density at radius 3 is 2.44 bits per heavy atom. The lowest BCUT2D eigenvalue weighted by Gasteiger charge is -2.28. The van der Waals surface area contributed by atoms with Gasteiger partial charge in [-0.25, -0.2) is 0 Å². The lowest BCUT2D eigenvalue weighted by atomic mass is 9.87. The first-order valence-electron chi connectivity index (χ1n) is 7.23. The molecule has 0 spiro atoms. The van der Waals surface area contributed by atoms with E-state index in [1.54, 1.807) is 0 Å². The van der Waals surface area contributed by atoms with Crippen LogP contribution in [0.15, 0.2) is 12.1 Å². The molecule has 2 aliphatic rings. The fourth-order valence-electron chi connectivity index (χ4n) is 3.01. The molecule has 0 unspecified atom stereocenters. The SMILES string of the molecule is c1cc(N2CCNCC2)nnc1C1CCCCC1. The summed E-state index contributed by atoms with van der Waals surface area (Å²) < 4.78 is 0. The third kappa shape index (κ3) is 2.64. The van der Waals surface area contributed by atoms with Crippen LogP contribution in [0.5, 0.6) is 0 Å². The summed E-state index contributed by atoms with van der Waals surface area (Å²) in [4.78, 5) is 2.31.